The zero-order chi connectivity index (χ0) is 42.0. The first-order chi connectivity index (χ1) is 28.7. The lowest BCUT2D eigenvalue weighted by Crippen LogP contribution is -2.28. The topological polar surface area (TPSA) is 51.8 Å². The van der Waals surface area contributed by atoms with Gasteiger partial charge in [0.2, 0.25) is 0 Å². The molecule has 4 nitrogen and oxygen atoms in total. The second kappa shape index (κ2) is 11.1. The molecule has 1 saturated carbocycles. The highest BCUT2D eigenvalue weighted by molar-refractivity contribution is 6.07. The molecule has 1 fully saturated rings. The van der Waals surface area contributed by atoms with Gasteiger partial charge in [0.25, 0.3) is 0 Å². The SMILES string of the molecule is [2H]c1c([2H])c([2H])c2c(c1[2H])-c1c([2H])c([2H])c(-c3ccc4oc5ccc(-c6nc(-c7ccccc7)nc(-c7ccccc7)n6)cc5c4c3)c([2H])c1C21C([2H])([2H])CCCC1([2H])[2H]. The van der Waals surface area contributed by atoms with E-state index in [9.17, 15) is 9.60 Å². The van der Waals surface area contributed by atoms with Crippen molar-refractivity contribution in [3.63, 3.8) is 0 Å². The smallest absolute Gasteiger partial charge is 0.164 e. The van der Waals surface area contributed by atoms with Crippen LogP contribution in [-0.2, 0) is 5.41 Å². The van der Waals surface area contributed by atoms with E-state index in [0.29, 0.717) is 50.5 Å². The van der Waals surface area contributed by atoms with Crippen molar-refractivity contribution in [2.24, 2.45) is 0 Å². The molecule has 10 rings (SSSR count). The molecule has 6 aromatic carbocycles. The number of rotatable bonds is 4. The predicted octanol–water partition coefficient (Wildman–Crippen LogP) is 11.7. The molecule has 0 aliphatic heterocycles. The van der Waals surface area contributed by atoms with Crippen LogP contribution in [0.4, 0.5) is 0 Å². The molecule has 2 aromatic heterocycles. The van der Waals surface area contributed by atoms with Crippen LogP contribution in [0.2, 0.25) is 0 Å². The molecular weight excluding hydrogens is 599 g/mol. The van der Waals surface area contributed by atoms with E-state index in [2.05, 4.69) is 0 Å². The second-order valence-electron chi connectivity index (χ2n) is 12.3. The van der Waals surface area contributed by atoms with E-state index >= 15 is 0 Å². The number of furan rings is 1. The number of aromatic nitrogens is 3. The minimum atomic E-state index is -2.44. The Kier molecular flexibility index (Phi) is 4.35. The van der Waals surface area contributed by atoms with Gasteiger partial charge in [0.15, 0.2) is 17.5 Å². The van der Waals surface area contributed by atoms with Gasteiger partial charge in [0.1, 0.15) is 11.2 Å². The number of hydrogen-bond donors (Lipinski definition) is 0. The molecule has 0 saturated heterocycles. The lowest BCUT2D eigenvalue weighted by atomic mass is 9.67. The van der Waals surface area contributed by atoms with Gasteiger partial charge in [-0.25, -0.2) is 15.0 Å². The quantitative estimate of drug-likeness (QED) is 0.192. The van der Waals surface area contributed by atoms with Crippen LogP contribution in [0, 0.1) is 0 Å². The van der Waals surface area contributed by atoms with Crippen LogP contribution in [0.5, 0.6) is 0 Å². The summed E-state index contributed by atoms with van der Waals surface area (Å²) in [6.07, 6.45) is -5.00. The first-order valence-corrected chi connectivity index (χ1v) is 16.3. The molecule has 2 heterocycles. The van der Waals surface area contributed by atoms with E-state index in [4.69, 9.17) is 24.9 Å². The summed E-state index contributed by atoms with van der Waals surface area (Å²) in [5.41, 5.74) is 0.271. The van der Waals surface area contributed by atoms with Crippen molar-refractivity contribution in [3.8, 4) is 56.4 Å². The Hall–Kier alpha value is -5.87. The molecule has 4 heteroatoms. The van der Waals surface area contributed by atoms with Gasteiger partial charge in [-0.3, -0.25) is 0 Å². The van der Waals surface area contributed by atoms with Crippen LogP contribution in [0.3, 0.4) is 0 Å². The number of hydrogen-bond acceptors (Lipinski definition) is 4. The summed E-state index contributed by atoms with van der Waals surface area (Å²) < 4.78 is 107. The van der Waals surface area contributed by atoms with Crippen molar-refractivity contribution in [2.45, 2.75) is 37.4 Å². The summed E-state index contributed by atoms with van der Waals surface area (Å²) in [4.78, 5) is 14.5. The van der Waals surface area contributed by atoms with E-state index in [1.54, 1.807) is 18.2 Å². The molecule has 0 N–H and O–H groups in total. The number of fused-ring (bicyclic) bond motifs is 8. The van der Waals surface area contributed by atoms with E-state index in [1.165, 1.54) is 0 Å². The fourth-order valence-electron chi connectivity index (χ4n) is 6.99. The van der Waals surface area contributed by atoms with Gasteiger partial charge in [0, 0.05) is 38.4 Å². The molecule has 234 valence electrons. The first-order valence-electron chi connectivity index (χ1n) is 21.8. The van der Waals surface area contributed by atoms with Gasteiger partial charge in [-0.2, -0.15) is 0 Å². The molecule has 2 aliphatic rings. The zero-order valence-electron chi connectivity index (χ0n) is 37.1. The molecule has 0 radical (unpaired) electrons. The lowest BCUT2D eigenvalue weighted by Gasteiger charge is -2.36. The summed E-state index contributed by atoms with van der Waals surface area (Å²) >= 11 is 0. The summed E-state index contributed by atoms with van der Waals surface area (Å²) in [7, 11) is 0. The normalized spacial score (nSPS) is 20.0. The maximum atomic E-state index is 9.81. The summed E-state index contributed by atoms with van der Waals surface area (Å²) in [6.45, 7) is 0. The molecule has 0 atom stereocenters. The molecule has 0 amide bonds. The van der Waals surface area contributed by atoms with E-state index in [0.717, 1.165) is 11.1 Å². The van der Waals surface area contributed by atoms with Crippen LogP contribution in [0.15, 0.2) is 144 Å². The Morgan fingerprint density at radius 2 is 1.10 bits per heavy atom. The Bertz CT molecular complexity index is 3040. The summed E-state index contributed by atoms with van der Waals surface area (Å²) in [6, 6.07) is 26.1. The van der Waals surface area contributed by atoms with Crippen LogP contribution >= 0.6 is 0 Å². The predicted molar refractivity (Wildman–Crippen MR) is 198 cm³/mol. The zero-order valence-corrected chi connectivity index (χ0v) is 26.1. The number of nitrogens with zero attached hydrogens (tertiary/aromatic N) is 3. The third-order valence-corrected chi connectivity index (χ3v) is 9.35. The van der Waals surface area contributed by atoms with Crippen LogP contribution in [0.25, 0.3) is 78.4 Å². The Labute approximate surface area is 300 Å². The van der Waals surface area contributed by atoms with Crippen molar-refractivity contribution in [2.75, 3.05) is 0 Å². The molecule has 8 aromatic rings. The highest BCUT2D eigenvalue weighted by atomic mass is 16.3. The van der Waals surface area contributed by atoms with Crippen LogP contribution in [0.1, 0.15) is 58.2 Å². The van der Waals surface area contributed by atoms with Gasteiger partial charge in [0.05, 0.1) is 9.60 Å². The van der Waals surface area contributed by atoms with Crippen molar-refractivity contribution in [1.29, 1.82) is 0 Å². The van der Waals surface area contributed by atoms with Crippen molar-refractivity contribution >= 4 is 21.9 Å². The fraction of sp³-hybridized carbons (Fsp3) is 0.133. The lowest BCUT2D eigenvalue weighted by molar-refractivity contribution is 0.353. The van der Waals surface area contributed by atoms with Gasteiger partial charge in [-0.15, -0.1) is 0 Å². The Balaban J connectivity index is 1.20. The minimum Gasteiger partial charge on any atom is -0.456 e. The maximum absolute atomic E-state index is 9.81. The molecule has 1 spiro atoms. The van der Waals surface area contributed by atoms with E-state index in [-0.39, 0.29) is 47.1 Å². The highest BCUT2D eigenvalue weighted by Gasteiger charge is 2.43. The molecule has 0 unspecified atom stereocenters. The average Bonchev–Trinajstić information content (AvgIpc) is 3.79. The van der Waals surface area contributed by atoms with Gasteiger partial charge >= 0.3 is 0 Å². The largest absolute Gasteiger partial charge is 0.456 e. The summed E-state index contributed by atoms with van der Waals surface area (Å²) in [5.74, 6) is 1.41. The van der Waals surface area contributed by atoms with Gasteiger partial charge in [-0.1, -0.05) is 122 Å². The van der Waals surface area contributed by atoms with Crippen molar-refractivity contribution in [3.05, 3.63) is 150 Å². The molecule has 49 heavy (non-hydrogen) atoms. The highest BCUT2D eigenvalue weighted by Crippen LogP contribution is 2.56. The third-order valence-electron chi connectivity index (χ3n) is 9.35. The Morgan fingerprint density at radius 1 is 0.531 bits per heavy atom. The molecule has 2 aliphatic carbocycles. The van der Waals surface area contributed by atoms with E-state index in [1.807, 2.05) is 78.9 Å². The van der Waals surface area contributed by atoms with Gasteiger partial charge in [-0.05, 0) is 82.5 Å². The minimum absolute atomic E-state index is 0.0526. The number of benzene rings is 6. The summed E-state index contributed by atoms with van der Waals surface area (Å²) in [5, 5.41) is 1.28. The standard InChI is InChI=1S/C45H33N3O/c1-4-12-29(13-5-1)42-46-43(30-14-6-2-7-15-30)48-44(47-42)33-20-23-41-37(27-33)36-26-31(19-22-40(36)49-41)32-18-21-35-34-16-8-9-17-38(34)45(39(35)28-32)24-10-3-11-25-45/h1-2,4-9,12-23,26-28H,3,10-11,24-25H2/i8D,9D,16D,17D,18D,21D,24D2,25D2,28D. The molecular formula is C45H33N3O. The fourth-order valence-corrected chi connectivity index (χ4v) is 6.99. The average molecular weight is 643 g/mol. The van der Waals surface area contributed by atoms with Crippen molar-refractivity contribution < 1.29 is 19.5 Å². The maximum Gasteiger partial charge on any atom is 0.164 e. The first kappa shape index (κ1) is 19.2. The van der Waals surface area contributed by atoms with Crippen molar-refractivity contribution in [1.82, 2.24) is 15.0 Å². The molecule has 0 bridgehead atoms. The third kappa shape index (κ3) is 4.55. The second-order valence-corrected chi connectivity index (χ2v) is 12.3. The van der Waals surface area contributed by atoms with E-state index < -0.39 is 60.5 Å². The van der Waals surface area contributed by atoms with Crippen LogP contribution in [-0.4, -0.2) is 15.0 Å². The monoisotopic (exact) mass is 642 g/mol. The Morgan fingerprint density at radius 3 is 1.78 bits per heavy atom. The van der Waals surface area contributed by atoms with Gasteiger partial charge < -0.3 is 4.42 Å². The van der Waals surface area contributed by atoms with Crippen LogP contribution < -0.4 is 0 Å².